The maximum atomic E-state index is 11.5. The second kappa shape index (κ2) is 5.74. The van der Waals surface area contributed by atoms with Crippen LogP contribution in [0.4, 0.5) is 11.4 Å². The molecule has 0 heterocycles. The first-order chi connectivity index (χ1) is 8.02. The smallest absolute Gasteiger partial charge is 0.232 e. The van der Waals surface area contributed by atoms with Crippen LogP contribution >= 0.6 is 0 Å². The first-order valence-corrected chi connectivity index (χ1v) is 5.06. The number of carbonyl (C=O) groups excluding carboxylic acids is 1. The van der Waals surface area contributed by atoms with E-state index >= 15 is 0 Å². The Bertz CT molecular complexity index is 429. The lowest BCUT2D eigenvalue weighted by Crippen LogP contribution is -2.22. The topological polar surface area (TPSA) is 91.0 Å². The van der Waals surface area contributed by atoms with E-state index in [-0.39, 0.29) is 18.2 Å². The molecule has 0 aliphatic rings. The molecule has 0 unspecified atom stereocenters. The molecule has 6 heteroatoms. The molecule has 17 heavy (non-hydrogen) atoms. The van der Waals surface area contributed by atoms with Crippen molar-refractivity contribution in [2.45, 2.75) is 6.42 Å². The van der Waals surface area contributed by atoms with Crippen molar-refractivity contribution in [3.05, 3.63) is 24.3 Å². The van der Waals surface area contributed by atoms with E-state index in [0.29, 0.717) is 5.69 Å². The van der Waals surface area contributed by atoms with Gasteiger partial charge in [0.05, 0.1) is 6.42 Å². The molecule has 0 radical (unpaired) electrons. The van der Waals surface area contributed by atoms with Gasteiger partial charge in [-0.25, -0.2) is 0 Å². The summed E-state index contributed by atoms with van der Waals surface area (Å²) in [7, 11) is 3.83. The third-order valence-electron chi connectivity index (χ3n) is 2.12. The zero-order valence-electron chi connectivity index (χ0n) is 9.84. The Hall–Kier alpha value is -2.24. The standard InChI is InChI=1S/C11H16N4O2/c1-15(2)9-5-3-4-8(6-9)13-11(16)7-10(12)14-17/h3-6,17H,7H2,1-2H3,(H2,12,14)(H,13,16). The van der Waals surface area contributed by atoms with Gasteiger partial charge in [0.25, 0.3) is 0 Å². The van der Waals surface area contributed by atoms with E-state index in [1.54, 1.807) is 6.07 Å². The summed E-state index contributed by atoms with van der Waals surface area (Å²) < 4.78 is 0. The van der Waals surface area contributed by atoms with Gasteiger partial charge >= 0.3 is 0 Å². The molecular weight excluding hydrogens is 220 g/mol. The van der Waals surface area contributed by atoms with Crippen LogP contribution in [0, 0.1) is 0 Å². The van der Waals surface area contributed by atoms with E-state index in [2.05, 4.69) is 10.5 Å². The van der Waals surface area contributed by atoms with Crippen molar-refractivity contribution in [3.8, 4) is 0 Å². The third kappa shape index (κ3) is 4.02. The molecule has 0 aromatic heterocycles. The third-order valence-corrected chi connectivity index (χ3v) is 2.12. The van der Waals surface area contributed by atoms with Crippen LogP contribution in [-0.2, 0) is 4.79 Å². The van der Waals surface area contributed by atoms with E-state index in [4.69, 9.17) is 10.9 Å². The van der Waals surface area contributed by atoms with E-state index in [9.17, 15) is 4.79 Å². The van der Waals surface area contributed by atoms with Crippen LogP contribution in [-0.4, -0.2) is 31.0 Å². The Morgan fingerprint density at radius 1 is 1.53 bits per heavy atom. The fourth-order valence-electron chi connectivity index (χ4n) is 1.27. The Morgan fingerprint density at radius 3 is 2.82 bits per heavy atom. The lowest BCUT2D eigenvalue weighted by molar-refractivity contribution is -0.115. The molecule has 0 spiro atoms. The van der Waals surface area contributed by atoms with Gasteiger partial charge in [-0.15, -0.1) is 0 Å². The molecule has 0 fully saturated rings. The van der Waals surface area contributed by atoms with E-state index in [1.165, 1.54) is 0 Å². The second-order valence-electron chi connectivity index (χ2n) is 3.76. The van der Waals surface area contributed by atoms with Gasteiger partial charge in [0.2, 0.25) is 5.91 Å². The van der Waals surface area contributed by atoms with E-state index < -0.39 is 0 Å². The molecule has 1 aromatic rings. The molecule has 4 N–H and O–H groups in total. The van der Waals surface area contributed by atoms with Crippen LogP contribution in [0.25, 0.3) is 0 Å². The highest BCUT2D eigenvalue weighted by molar-refractivity contribution is 6.04. The zero-order chi connectivity index (χ0) is 12.8. The summed E-state index contributed by atoms with van der Waals surface area (Å²) in [5, 5.41) is 13.7. The number of amides is 1. The molecule has 6 nitrogen and oxygen atoms in total. The van der Waals surface area contributed by atoms with Crippen molar-refractivity contribution in [2.24, 2.45) is 10.9 Å². The highest BCUT2D eigenvalue weighted by atomic mass is 16.4. The molecule has 0 atom stereocenters. The van der Waals surface area contributed by atoms with E-state index in [0.717, 1.165) is 5.69 Å². The second-order valence-corrected chi connectivity index (χ2v) is 3.76. The molecule has 0 bridgehead atoms. The van der Waals surface area contributed by atoms with Gasteiger partial charge < -0.3 is 21.2 Å². The number of hydrogen-bond donors (Lipinski definition) is 3. The number of nitrogens with one attached hydrogen (secondary N) is 1. The van der Waals surface area contributed by atoms with Crippen molar-refractivity contribution >= 4 is 23.1 Å². The number of rotatable bonds is 4. The van der Waals surface area contributed by atoms with Crippen molar-refractivity contribution in [1.82, 2.24) is 0 Å². The first-order valence-electron chi connectivity index (χ1n) is 5.06. The largest absolute Gasteiger partial charge is 0.409 e. The maximum Gasteiger partial charge on any atom is 0.232 e. The van der Waals surface area contributed by atoms with Crippen LogP contribution in [0.15, 0.2) is 29.4 Å². The highest BCUT2D eigenvalue weighted by Gasteiger charge is 2.06. The number of anilines is 2. The summed E-state index contributed by atoms with van der Waals surface area (Å²) in [6.45, 7) is 0. The number of nitrogens with zero attached hydrogens (tertiary/aromatic N) is 2. The fourth-order valence-corrected chi connectivity index (χ4v) is 1.27. The van der Waals surface area contributed by atoms with Crippen molar-refractivity contribution in [1.29, 1.82) is 0 Å². The molecule has 1 aromatic carbocycles. The van der Waals surface area contributed by atoms with Crippen LogP contribution in [0.3, 0.4) is 0 Å². The molecular formula is C11H16N4O2. The summed E-state index contributed by atoms with van der Waals surface area (Å²) >= 11 is 0. The monoisotopic (exact) mass is 236 g/mol. The summed E-state index contributed by atoms with van der Waals surface area (Å²) in [6, 6.07) is 7.38. The van der Waals surface area contributed by atoms with Gasteiger partial charge in [0.15, 0.2) is 0 Å². The summed E-state index contributed by atoms with van der Waals surface area (Å²) in [5.74, 6) is -0.442. The van der Waals surface area contributed by atoms with Gasteiger partial charge in [-0.1, -0.05) is 11.2 Å². The Labute approximate surface area is 99.7 Å². The summed E-state index contributed by atoms with van der Waals surface area (Å²) in [5.41, 5.74) is 6.89. The van der Waals surface area contributed by atoms with E-state index in [1.807, 2.05) is 37.2 Å². The molecule has 1 amide bonds. The Balaban J connectivity index is 2.68. The zero-order valence-corrected chi connectivity index (χ0v) is 9.84. The van der Waals surface area contributed by atoms with Crippen LogP contribution in [0.1, 0.15) is 6.42 Å². The number of oxime groups is 1. The van der Waals surface area contributed by atoms with Gasteiger partial charge in [-0.2, -0.15) is 0 Å². The number of nitrogens with two attached hydrogens (primary N) is 1. The first kappa shape index (κ1) is 12.8. The Kier molecular flexibility index (Phi) is 4.33. The predicted molar refractivity (Wildman–Crippen MR) is 67.4 cm³/mol. The highest BCUT2D eigenvalue weighted by Crippen LogP contribution is 2.17. The lowest BCUT2D eigenvalue weighted by Gasteiger charge is -2.13. The quantitative estimate of drug-likeness (QED) is 0.312. The van der Waals surface area contributed by atoms with Crippen molar-refractivity contribution in [2.75, 3.05) is 24.3 Å². The van der Waals surface area contributed by atoms with Crippen molar-refractivity contribution in [3.63, 3.8) is 0 Å². The molecule has 1 rings (SSSR count). The minimum Gasteiger partial charge on any atom is -0.409 e. The summed E-state index contributed by atoms with van der Waals surface area (Å²) in [4.78, 5) is 13.4. The number of carbonyl (C=O) groups is 1. The summed E-state index contributed by atoms with van der Waals surface area (Å²) in [6.07, 6.45) is -0.136. The predicted octanol–water partition coefficient (Wildman–Crippen LogP) is 0.828. The van der Waals surface area contributed by atoms with Crippen LogP contribution in [0.5, 0.6) is 0 Å². The van der Waals surface area contributed by atoms with Crippen molar-refractivity contribution < 1.29 is 10.0 Å². The van der Waals surface area contributed by atoms with Gasteiger partial charge in [-0.05, 0) is 18.2 Å². The van der Waals surface area contributed by atoms with Crippen LogP contribution < -0.4 is 16.0 Å². The number of amidine groups is 1. The van der Waals surface area contributed by atoms with Gasteiger partial charge in [0.1, 0.15) is 5.84 Å². The Morgan fingerprint density at radius 2 is 2.24 bits per heavy atom. The molecule has 92 valence electrons. The lowest BCUT2D eigenvalue weighted by atomic mass is 10.2. The average Bonchev–Trinajstić information content (AvgIpc) is 2.28. The molecule has 0 aliphatic heterocycles. The van der Waals surface area contributed by atoms with Gasteiger partial charge in [0, 0.05) is 25.5 Å². The SMILES string of the molecule is CN(C)c1cccc(NC(=O)C/C(N)=N/O)c1. The fraction of sp³-hybridized carbons (Fsp3) is 0.273. The molecule has 0 saturated carbocycles. The molecule has 0 saturated heterocycles. The minimum absolute atomic E-state index is 0.119. The average molecular weight is 236 g/mol. The molecule has 0 aliphatic carbocycles. The normalized spacial score (nSPS) is 11.1. The maximum absolute atomic E-state index is 11.5. The number of benzene rings is 1. The van der Waals surface area contributed by atoms with Gasteiger partial charge in [-0.3, -0.25) is 4.79 Å². The van der Waals surface area contributed by atoms with Crippen LogP contribution in [0.2, 0.25) is 0 Å². The minimum atomic E-state index is -0.323. The number of hydrogen-bond acceptors (Lipinski definition) is 4.